The highest BCUT2D eigenvalue weighted by Gasteiger charge is 2.23. The van der Waals surface area contributed by atoms with Crippen molar-refractivity contribution in [2.45, 2.75) is 26.8 Å². The van der Waals surface area contributed by atoms with E-state index in [1.54, 1.807) is 7.11 Å². The lowest BCUT2D eigenvalue weighted by Crippen LogP contribution is -2.48. The van der Waals surface area contributed by atoms with Gasteiger partial charge in [-0.15, -0.1) is 24.0 Å². The summed E-state index contributed by atoms with van der Waals surface area (Å²) in [7, 11) is 3.47. The molecular weight excluding hydrogens is 391 g/mol. The molecule has 0 bridgehead atoms. The predicted octanol–water partition coefficient (Wildman–Crippen LogP) is 2.76. The molecule has 0 saturated carbocycles. The van der Waals surface area contributed by atoms with Crippen LogP contribution >= 0.6 is 24.0 Å². The van der Waals surface area contributed by atoms with Crippen LogP contribution in [0, 0.1) is 11.8 Å². The maximum atomic E-state index is 5.15. The van der Waals surface area contributed by atoms with Crippen molar-refractivity contribution in [3.63, 3.8) is 0 Å². The SMILES string of the molecule is CN=C(NCc1cccc(OC)n1)N1CC(C)CC(C)C1.I. The molecule has 2 rings (SSSR count). The van der Waals surface area contributed by atoms with Crippen LogP contribution in [0.4, 0.5) is 0 Å². The Hall–Kier alpha value is -1.05. The molecule has 0 spiro atoms. The highest BCUT2D eigenvalue weighted by molar-refractivity contribution is 14.0. The monoisotopic (exact) mass is 418 g/mol. The van der Waals surface area contributed by atoms with E-state index >= 15 is 0 Å². The fourth-order valence-electron chi connectivity index (χ4n) is 3.01. The Labute approximate surface area is 150 Å². The Morgan fingerprint density at radius 1 is 1.36 bits per heavy atom. The first-order valence-electron chi connectivity index (χ1n) is 7.58. The van der Waals surface area contributed by atoms with Gasteiger partial charge in [0.15, 0.2) is 5.96 Å². The first kappa shape index (κ1) is 19.0. The number of methoxy groups -OCH3 is 1. The quantitative estimate of drug-likeness (QED) is 0.466. The summed E-state index contributed by atoms with van der Waals surface area (Å²) in [6.45, 7) is 7.40. The van der Waals surface area contributed by atoms with Gasteiger partial charge in [0, 0.05) is 26.2 Å². The molecule has 2 heterocycles. The fourth-order valence-corrected chi connectivity index (χ4v) is 3.01. The van der Waals surface area contributed by atoms with Gasteiger partial charge in [-0.05, 0) is 24.3 Å². The van der Waals surface area contributed by atoms with Crippen LogP contribution in [0.5, 0.6) is 5.88 Å². The Morgan fingerprint density at radius 2 is 2.05 bits per heavy atom. The lowest BCUT2D eigenvalue weighted by Gasteiger charge is -2.37. The number of aromatic nitrogens is 1. The molecule has 0 radical (unpaired) electrons. The van der Waals surface area contributed by atoms with E-state index in [-0.39, 0.29) is 24.0 Å². The van der Waals surface area contributed by atoms with Gasteiger partial charge in [0.2, 0.25) is 5.88 Å². The Morgan fingerprint density at radius 3 is 2.64 bits per heavy atom. The lowest BCUT2D eigenvalue weighted by atomic mass is 9.92. The average molecular weight is 418 g/mol. The molecule has 5 nitrogen and oxygen atoms in total. The Kier molecular flexibility index (Phi) is 7.92. The molecule has 1 fully saturated rings. The minimum Gasteiger partial charge on any atom is -0.481 e. The number of nitrogens with one attached hydrogen (secondary N) is 1. The van der Waals surface area contributed by atoms with Gasteiger partial charge in [-0.3, -0.25) is 4.99 Å². The topological polar surface area (TPSA) is 49.8 Å². The standard InChI is InChI=1S/C16H26N4O.HI/c1-12-8-13(2)11-20(10-12)16(17-3)18-9-14-6-5-7-15(19-14)21-4;/h5-7,12-13H,8-11H2,1-4H3,(H,17,18);1H. The smallest absolute Gasteiger partial charge is 0.213 e. The minimum absolute atomic E-state index is 0. The van der Waals surface area contributed by atoms with E-state index in [0.717, 1.165) is 24.7 Å². The van der Waals surface area contributed by atoms with Crippen molar-refractivity contribution in [3.05, 3.63) is 23.9 Å². The zero-order chi connectivity index (χ0) is 15.2. The normalized spacial score (nSPS) is 22.0. The molecule has 1 aromatic heterocycles. The van der Waals surface area contributed by atoms with E-state index in [1.807, 2.05) is 25.2 Å². The average Bonchev–Trinajstić information content (AvgIpc) is 2.47. The third kappa shape index (κ3) is 5.30. The summed E-state index contributed by atoms with van der Waals surface area (Å²) in [6, 6.07) is 5.80. The van der Waals surface area contributed by atoms with E-state index in [2.05, 4.69) is 34.0 Å². The zero-order valence-electron chi connectivity index (χ0n) is 13.9. The molecule has 0 aliphatic carbocycles. The molecule has 1 aliphatic heterocycles. The highest BCUT2D eigenvalue weighted by Crippen LogP contribution is 2.20. The van der Waals surface area contributed by atoms with E-state index in [0.29, 0.717) is 24.3 Å². The van der Waals surface area contributed by atoms with Crippen LogP contribution in [0.1, 0.15) is 26.0 Å². The second-order valence-electron chi connectivity index (χ2n) is 5.92. The van der Waals surface area contributed by atoms with Crippen molar-refractivity contribution < 1.29 is 4.74 Å². The molecule has 1 aliphatic rings. The first-order valence-corrected chi connectivity index (χ1v) is 7.58. The Balaban J connectivity index is 0.00000242. The van der Waals surface area contributed by atoms with Gasteiger partial charge in [-0.25, -0.2) is 4.98 Å². The van der Waals surface area contributed by atoms with Gasteiger partial charge in [0.1, 0.15) is 0 Å². The van der Waals surface area contributed by atoms with Crippen molar-refractivity contribution in [2.24, 2.45) is 16.8 Å². The van der Waals surface area contributed by atoms with Crippen LogP contribution in [0.2, 0.25) is 0 Å². The maximum Gasteiger partial charge on any atom is 0.213 e. The third-order valence-electron chi connectivity index (χ3n) is 3.80. The number of likely N-dealkylation sites (tertiary alicyclic amines) is 1. The van der Waals surface area contributed by atoms with Crippen LogP contribution < -0.4 is 10.1 Å². The van der Waals surface area contributed by atoms with Gasteiger partial charge >= 0.3 is 0 Å². The maximum absolute atomic E-state index is 5.15. The van der Waals surface area contributed by atoms with Crippen LogP contribution in [0.3, 0.4) is 0 Å². The van der Waals surface area contributed by atoms with E-state index in [9.17, 15) is 0 Å². The molecule has 124 valence electrons. The van der Waals surface area contributed by atoms with Crippen LogP contribution in [-0.4, -0.2) is 43.1 Å². The Bertz CT molecular complexity index is 485. The van der Waals surface area contributed by atoms with Gasteiger partial charge in [-0.1, -0.05) is 19.9 Å². The number of hydrogen-bond donors (Lipinski definition) is 1. The fraction of sp³-hybridized carbons (Fsp3) is 0.625. The molecule has 2 atom stereocenters. The third-order valence-corrected chi connectivity index (χ3v) is 3.80. The van der Waals surface area contributed by atoms with Crippen LogP contribution in [-0.2, 0) is 6.54 Å². The highest BCUT2D eigenvalue weighted by atomic mass is 127. The van der Waals surface area contributed by atoms with E-state index in [4.69, 9.17) is 4.74 Å². The van der Waals surface area contributed by atoms with Crippen molar-refractivity contribution in [3.8, 4) is 5.88 Å². The van der Waals surface area contributed by atoms with Crippen molar-refractivity contribution in [2.75, 3.05) is 27.2 Å². The summed E-state index contributed by atoms with van der Waals surface area (Å²) >= 11 is 0. The number of hydrogen-bond acceptors (Lipinski definition) is 3. The second-order valence-corrected chi connectivity index (χ2v) is 5.92. The van der Waals surface area contributed by atoms with Crippen molar-refractivity contribution in [1.29, 1.82) is 0 Å². The number of guanidine groups is 1. The predicted molar refractivity (Wildman–Crippen MR) is 101 cm³/mol. The molecule has 6 heteroatoms. The van der Waals surface area contributed by atoms with E-state index in [1.165, 1.54) is 6.42 Å². The van der Waals surface area contributed by atoms with Gasteiger partial charge in [0.05, 0.1) is 19.3 Å². The molecule has 1 aromatic rings. The number of nitrogens with zero attached hydrogens (tertiary/aromatic N) is 3. The summed E-state index contributed by atoms with van der Waals surface area (Å²) in [5, 5.41) is 3.41. The van der Waals surface area contributed by atoms with Crippen LogP contribution in [0.15, 0.2) is 23.2 Å². The molecule has 0 aromatic carbocycles. The zero-order valence-corrected chi connectivity index (χ0v) is 16.2. The largest absolute Gasteiger partial charge is 0.481 e. The summed E-state index contributed by atoms with van der Waals surface area (Å²) in [6.07, 6.45) is 1.30. The first-order chi connectivity index (χ1) is 10.1. The molecular formula is C16H27IN4O. The number of piperidine rings is 1. The van der Waals surface area contributed by atoms with Crippen molar-refractivity contribution >= 4 is 29.9 Å². The molecule has 2 unspecified atom stereocenters. The number of ether oxygens (including phenoxy) is 1. The summed E-state index contributed by atoms with van der Waals surface area (Å²) < 4.78 is 5.15. The minimum atomic E-state index is 0. The van der Waals surface area contributed by atoms with Gasteiger partial charge in [-0.2, -0.15) is 0 Å². The number of aliphatic imine (C=N–C) groups is 1. The van der Waals surface area contributed by atoms with Crippen LogP contribution in [0.25, 0.3) is 0 Å². The van der Waals surface area contributed by atoms with E-state index < -0.39 is 0 Å². The summed E-state index contributed by atoms with van der Waals surface area (Å²) in [5.74, 6) is 3.02. The van der Waals surface area contributed by atoms with Crippen molar-refractivity contribution in [1.82, 2.24) is 15.2 Å². The summed E-state index contributed by atoms with van der Waals surface area (Å²) in [4.78, 5) is 11.2. The molecule has 22 heavy (non-hydrogen) atoms. The van der Waals surface area contributed by atoms with Gasteiger partial charge < -0.3 is 15.0 Å². The second kappa shape index (κ2) is 9.17. The van der Waals surface area contributed by atoms with Gasteiger partial charge in [0.25, 0.3) is 0 Å². The molecule has 1 saturated heterocycles. The number of pyridine rings is 1. The number of rotatable bonds is 3. The molecule has 1 N–H and O–H groups in total. The number of halogens is 1. The lowest BCUT2D eigenvalue weighted by molar-refractivity contribution is 0.208. The summed E-state index contributed by atoms with van der Waals surface area (Å²) in [5.41, 5.74) is 0.952. The molecule has 0 amide bonds.